The van der Waals surface area contributed by atoms with Gasteiger partial charge in [0.05, 0.1) is 12.1 Å². The van der Waals surface area contributed by atoms with E-state index in [1.165, 1.54) is 11.3 Å². The summed E-state index contributed by atoms with van der Waals surface area (Å²) in [4.78, 5) is 16.0. The number of nitrogens with two attached hydrogens (primary N) is 1. The van der Waals surface area contributed by atoms with Crippen molar-refractivity contribution in [1.82, 2.24) is 4.98 Å². The summed E-state index contributed by atoms with van der Waals surface area (Å²) in [5, 5.41) is 5.22. The van der Waals surface area contributed by atoms with Crippen molar-refractivity contribution in [2.75, 3.05) is 11.1 Å². The Morgan fingerprint density at radius 2 is 2.06 bits per heavy atom. The lowest BCUT2D eigenvalue weighted by Crippen LogP contribution is -2.16. The molecule has 18 heavy (non-hydrogen) atoms. The molecule has 0 atom stereocenters. The number of nitrogens with zero attached hydrogens (tertiary/aromatic N) is 1. The number of nitrogens with one attached hydrogen (secondary N) is 1. The molecule has 0 unspecified atom stereocenters. The third kappa shape index (κ3) is 2.87. The zero-order valence-electron chi connectivity index (χ0n) is 10.4. The van der Waals surface area contributed by atoms with Gasteiger partial charge in [0.15, 0.2) is 5.13 Å². The number of aryl methyl sites for hydroxylation is 2. The monoisotopic (exact) mass is 261 g/mol. The summed E-state index contributed by atoms with van der Waals surface area (Å²) in [6.07, 6.45) is 0.251. The van der Waals surface area contributed by atoms with Crippen LogP contribution in [0.3, 0.4) is 0 Å². The van der Waals surface area contributed by atoms with Crippen molar-refractivity contribution in [2.24, 2.45) is 0 Å². The second kappa shape index (κ2) is 5.18. The maximum atomic E-state index is 11.9. The van der Waals surface area contributed by atoms with Crippen LogP contribution in [0.5, 0.6) is 0 Å². The van der Waals surface area contributed by atoms with E-state index in [-0.39, 0.29) is 12.3 Å². The molecule has 5 heteroatoms. The summed E-state index contributed by atoms with van der Waals surface area (Å²) in [6, 6.07) is 5.92. The molecule has 3 N–H and O–H groups in total. The van der Waals surface area contributed by atoms with Gasteiger partial charge in [0, 0.05) is 11.1 Å². The molecule has 1 heterocycles. The van der Waals surface area contributed by atoms with E-state index >= 15 is 0 Å². The fourth-order valence-corrected chi connectivity index (χ4v) is 2.33. The second-order valence-electron chi connectivity index (χ2n) is 4.17. The van der Waals surface area contributed by atoms with E-state index in [9.17, 15) is 4.79 Å². The van der Waals surface area contributed by atoms with Crippen LogP contribution in [0, 0.1) is 13.8 Å². The molecule has 1 amide bonds. The van der Waals surface area contributed by atoms with Gasteiger partial charge in [-0.15, -0.1) is 11.3 Å². The van der Waals surface area contributed by atoms with Crippen molar-refractivity contribution < 1.29 is 4.79 Å². The lowest BCUT2D eigenvalue weighted by Gasteiger charge is -2.10. The highest BCUT2D eigenvalue weighted by molar-refractivity contribution is 7.13. The number of rotatable bonds is 3. The predicted molar refractivity (Wildman–Crippen MR) is 74.8 cm³/mol. The van der Waals surface area contributed by atoms with E-state index in [1.807, 2.05) is 32.0 Å². The molecular formula is C13H15N3OS. The molecular weight excluding hydrogens is 246 g/mol. The van der Waals surface area contributed by atoms with Crippen molar-refractivity contribution in [2.45, 2.75) is 20.3 Å². The topological polar surface area (TPSA) is 68.0 Å². The molecule has 0 saturated carbocycles. The lowest BCUT2D eigenvalue weighted by molar-refractivity contribution is -0.115. The van der Waals surface area contributed by atoms with Crippen LogP contribution in [0.15, 0.2) is 23.6 Å². The van der Waals surface area contributed by atoms with Gasteiger partial charge in [-0.3, -0.25) is 4.79 Å². The SMILES string of the molecule is Cc1cccc(C)c1NC(=O)Cc1csc(N)n1. The van der Waals surface area contributed by atoms with Crippen LogP contribution < -0.4 is 11.1 Å². The van der Waals surface area contributed by atoms with E-state index in [0.717, 1.165) is 16.8 Å². The molecule has 1 aromatic carbocycles. The van der Waals surface area contributed by atoms with Crippen molar-refractivity contribution >= 4 is 28.1 Å². The fourth-order valence-electron chi connectivity index (χ4n) is 1.76. The van der Waals surface area contributed by atoms with Crippen LogP contribution in [0.1, 0.15) is 16.8 Å². The summed E-state index contributed by atoms with van der Waals surface area (Å²) >= 11 is 1.35. The maximum Gasteiger partial charge on any atom is 0.230 e. The molecule has 0 aliphatic heterocycles. The molecule has 0 aliphatic rings. The van der Waals surface area contributed by atoms with E-state index in [2.05, 4.69) is 10.3 Å². The quantitative estimate of drug-likeness (QED) is 0.892. The molecule has 0 fully saturated rings. The van der Waals surface area contributed by atoms with Gasteiger partial charge in [0.1, 0.15) is 0 Å². The Labute approximate surface area is 110 Å². The lowest BCUT2D eigenvalue weighted by atomic mass is 10.1. The highest BCUT2D eigenvalue weighted by Crippen LogP contribution is 2.20. The molecule has 0 bridgehead atoms. The van der Waals surface area contributed by atoms with Gasteiger partial charge in [0.25, 0.3) is 0 Å². The van der Waals surface area contributed by atoms with Gasteiger partial charge in [0.2, 0.25) is 5.91 Å². The number of amides is 1. The molecule has 0 radical (unpaired) electrons. The first-order chi connectivity index (χ1) is 8.56. The summed E-state index contributed by atoms with van der Waals surface area (Å²) < 4.78 is 0. The van der Waals surface area contributed by atoms with Crippen LogP contribution >= 0.6 is 11.3 Å². The van der Waals surface area contributed by atoms with Gasteiger partial charge in [-0.25, -0.2) is 4.98 Å². The maximum absolute atomic E-state index is 11.9. The largest absolute Gasteiger partial charge is 0.375 e. The average Bonchev–Trinajstić information content (AvgIpc) is 2.69. The van der Waals surface area contributed by atoms with Crippen LogP contribution in [-0.2, 0) is 11.2 Å². The van der Waals surface area contributed by atoms with Crippen LogP contribution in [0.25, 0.3) is 0 Å². The Bertz CT molecular complexity index is 557. The van der Waals surface area contributed by atoms with E-state index in [4.69, 9.17) is 5.73 Å². The molecule has 2 rings (SSSR count). The van der Waals surface area contributed by atoms with Crippen LogP contribution in [0.4, 0.5) is 10.8 Å². The number of hydrogen-bond donors (Lipinski definition) is 2. The number of para-hydroxylation sites is 1. The Balaban J connectivity index is 2.08. The van der Waals surface area contributed by atoms with Gasteiger partial charge >= 0.3 is 0 Å². The molecule has 94 valence electrons. The Morgan fingerprint density at radius 1 is 1.39 bits per heavy atom. The first kappa shape index (κ1) is 12.6. The zero-order valence-corrected chi connectivity index (χ0v) is 11.2. The van der Waals surface area contributed by atoms with Gasteiger partial charge in [-0.2, -0.15) is 0 Å². The van der Waals surface area contributed by atoms with Crippen LogP contribution in [-0.4, -0.2) is 10.9 Å². The number of anilines is 2. The molecule has 1 aromatic heterocycles. The minimum absolute atomic E-state index is 0.0716. The fraction of sp³-hybridized carbons (Fsp3) is 0.231. The van der Waals surface area contributed by atoms with Crippen molar-refractivity contribution in [3.63, 3.8) is 0 Å². The first-order valence-electron chi connectivity index (χ1n) is 5.62. The Hall–Kier alpha value is -1.88. The highest BCUT2D eigenvalue weighted by Gasteiger charge is 2.09. The minimum Gasteiger partial charge on any atom is -0.375 e. The standard InChI is InChI=1S/C13H15N3OS/c1-8-4-3-5-9(2)12(8)16-11(17)6-10-7-18-13(14)15-10/h3-5,7H,6H2,1-2H3,(H2,14,15)(H,16,17). The van der Waals surface area contributed by atoms with Crippen molar-refractivity contribution in [1.29, 1.82) is 0 Å². The number of benzene rings is 1. The third-order valence-electron chi connectivity index (χ3n) is 2.66. The second-order valence-corrected chi connectivity index (χ2v) is 5.06. The normalized spacial score (nSPS) is 10.3. The zero-order chi connectivity index (χ0) is 13.1. The molecule has 0 saturated heterocycles. The summed E-state index contributed by atoms with van der Waals surface area (Å²) in [5.41, 5.74) is 9.23. The van der Waals surface area contributed by atoms with Gasteiger partial charge in [-0.1, -0.05) is 18.2 Å². The molecule has 2 aromatic rings. The van der Waals surface area contributed by atoms with Gasteiger partial charge < -0.3 is 11.1 Å². The molecule has 0 aliphatic carbocycles. The van der Waals surface area contributed by atoms with Crippen molar-refractivity contribution in [3.8, 4) is 0 Å². The smallest absolute Gasteiger partial charge is 0.230 e. The number of carbonyl (C=O) groups is 1. The van der Waals surface area contributed by atoms with Gasteiger partial charge in [-0.05, 0) is 25.0 Å². The molecule has 4 nitrogen and oxygen atoms in total. The Kier molecular flexibility index (Phi) is 3.62. The summed E-state index contributed by atoms with van der Waals surface area (Å²) in [6.45, 7) is 3.95. The average molecular weight is 261 g/mol. The van der Waals surface area contributed by atoms with E-state index in [1.54, 1.807) is 5.38 Å². The van der Waals surface area contributed by atoms with E-state index < -0.39 is 0 Å². The van der Waals surface area contributed by atoms with Crippen molar-refractivity contribution in [3.05, 3.63) is 40.4 Å². The van der Waals surface area contributed by atoms with E-state index in [0.29, 0.717) is 10.8 Å². The Morgan fingerprint density at radius 3 is 2.61 bits per heavy atom. The van der Waals surface area contributed by atoms with Crippen LogP contribution in [0.2, 0.25) is 0 Å². The summed E-state index contributed by atoms with van der Waals surface area (Å²) in [5.74, 6) is -0.0716. The number of aromatic nitrogens is 1. The number of hydrogen-bond acceptors (Lipinski definition) is 4. The minimum atomic E-state index is -0.0716. The number of carbonyl (C=O) groups excluding carboxylic acids is 1. The highest BCUT2D eigenvalue weighted by atomic mass is 32.1. The summed E-state index contributed by atoms with van der Waals surface area (Å²) in [7, 11) is 0. The predicted octanol–water partition coefficient (Wildman–Crippen LogP) is 2.52. The first-order valence-corrected chi connectivity index (χ1v) is 6.50. The number of thiazole rings is 1. The number of nitrogen functional groups attached to an aromatic ring is 1. The third-order valence-corrected chi connectivity index (χ3v) is 3.38. The molecule has 0 spiro atoms.